The Morgan fingerprint density at radius 3 is 2.64 bits per heavy atom. The van der Waals surface area contributed by atoms with Crippen molar-refractivity contribution in [2.24, 2.45) is 0 Å². The van der Waals surface area contributed by atoms with Gasteiger partial charge in [-0.2, -0.15) is 0 Å². The Kier molecular flexibility index (Phi) is 4.75. The maximum atomic E-state index is 11.6. The third-order valence-electron chi connectivity index (χ3n) is 3.87. The number of para-hydroxylation sites is 1. The van der Waals surface area contributed by atoms with E-state index in [-0.39, 0.29) is 18.2 Å². The summed E-state index contributed by atoms with van der Waals surface area (Å²) in [6, 6.07) is 16.8. The second-order valence-electron chi connectivity index (χ2n) is 5.69. The van der Waals surface area contributed by atoms with E-state index in [2.05, 4.69) is 10.3 Å². The Balaban J connectivity index is 2.03. The van der Waals surface area contributed by atoms with Gasteiger partial charge in [-0.15, -0.1) is 0 Å². The molecule has 1 heterocycles. The average Bonchev–Trinajstić information content (AvgIpc) is 2.62. The van der Waals surface area contributed by atoms with Gasteiger partial charge in [0.1, 0.15) is 0 Å². The standard InChI is InChI=1S/C20H18N2O3/c1-13(23)14-6-5-7-15(10-14)21-19-11-16(12-20(24)25-2)22-18-9-4-3-8-17(18)19/h3-11H,12H2,1-2H3,(H,21,22). The second-order valence-corrected chi connectivity index (χ2v) is 5.69. The van der Waals surface area contributed by atoms with Gasteiger partial charge in [0.25, 0.3) is 0 Å². The highest BCUT2D eigenvalue weighted by atomic mass is 16.5. The number of rotatable bonds is 5. The summed E-state index contributed by atoms with van der Waals surface area (Å²) >= 11 is 0. The van der Waals surface area contributed by atoms with Crippen LogP contribution in [-0.4, -0.2) is 23.8 Å². The van der Waals surface area contributed by atoms with Crippen LogP contribution in [0.1, 0.15) is 23.0 Å². The molecule has 25 heavy (non-hydrogen) atoms. The van der Waals surface area contributed by atoms with Crippen LogP contribution in [0, 0.1) is 0 Å². The van der Waals surface area contributed by atoms with Crippen molar-refractivity contribution in [3.63, 3.8) is 0 Å². The molecular weight excluding hydrogens is 316 g/mol. The van der Waals surface area contributed by atoms with Gasteiger partial charge in [-0.05, 0) is 31.2 Å². The number of pyridine rings is 1. The topological polar surface area (TPSA) is 68.3 Å². The number of nitrogens with zero attached hydrogens (tertiary/aromatic N) is 1. The van der Waals surface area contributed by atoms with Gasteiger partial charge in [-0.1, -0.05) is 30.3 Å². The minimum atomic E-state index is -0.340. The summed E-state index contributed by atoms with van der Waals surface area (Å²) in [6.07, 6.45) is 0.101. The van der Waals surface area contributed by atoms with E-state index in [1.165, 1.54) is 14.0 Å². The zero-order valence-corrected chi connectivity index (χ0v) is 14.1. The fourth-order valence-corrected chi connectivity index (χ4v) is 2.62. The molecule has 5 heteroatoms. The van der Waals surface area contributed by atoms with Gasteiger partial charge in [0.15, 0.2) is 5.78 Å². The molecule has 0 saturated carbocycles. The number of benzene rings is 2. The van der Waals surface area contributed by atoms with Crippen LogP contribution in [0.15, 0.2) is 54.6 Å². The summed E-state index contributed by atoms with van der Waals surface area (Å²) in [6.45, 7) is 1.54. The Hall–Kier alpha value is -3.21. The number of carbonyl (C=O) groups is 2. The van der Waals surface area contributed by atoms with Gasteiger partial charge in [-0.3, -0.25) is 14.6 Å². The first kappa shape index (κ1) is 16.6. The van der Waals surface area contributed by atoms with Crippen LogP contribution in [0.3, 0.4) is 0 Å². The Morgan fingerprint density at radius 1 is 1.08 bits per heavy atom. The number of Topliss-reactive ketones (excluding diaryl/α,β-unsaturated/α-hetero) is 1. The van der Waals surface area contributed by atoms with Crippen molar-refractivity contribution in [2.75, 3.05) is 12.4 Å². The third kappa shape index (κ3) is 3.83. The molecule has 0 aliphatic heterocycles. The van der Waals surface area contributed by atoms with E-state index >= 15 is 0 Å². The molecule has 3 aromatic rings. The second kappa shape index (κ2) is 7.13. The molecule has 1 N–H and O–H groups in total. The van der Waals surface area contributed by atoms with Gasteiger partial charge < -0.3 is 10.1 Å². The zero-order valence-electron chi connectivity index (χ0n) is 14.1. The highest BCUT2D eigenvalue weighted by Crippen LogP contribution is 2.27. The van der Waals surface area contributed by atoms with Crippen molar-refractivity contribution >= 4 is 34.0 Å². The number of carbonyl (C=O) groups excluding carboxylic acids is 2. The van der Waals surface area contributed by atoms with Crippen molar-refractivity contribution < 1.29 is 14.3 Å². The lowest BCUT2D eigenvalue weighted by atomic mass is 10.1. The minimum absolute atomic E-state index is 0.00890. The Labute approximate surface area is 145 Å². The van der Waals surface area contributed by atoms with E-state index in [0.29, 0.717) is 11.3 Å². The van der Waals surface area contributed by atoms with E-state index in [1.807, 2.05) is 42.5 Å². The average molecular weight is 334 g/mol. The molecule has 2 aromatic carbocycles. The summed E-state index contributed by atoms with van der Waals surface area (Å²) in [5.41, 5.74) is 3.67. The van der Waals surface area contributed by atoms with Crippen LogP contribution in [0.2, 0.25) is 0 Å². The predicted molar refractivity (Wildman–Crippen MR) is 97.2 cm³/mol. The zero-order chi connectivity index (χ0) is 17.8. The van der Waals surface area contributed by atoms with E-state index in [4.69, 9.17) is 4.74 Å². The van der Waals surface area contributed by atoms with Gasteiger partial charge in [0, 0.05) is 22.3 Å². The molecule has 0 aliphatic rings. The number of esters is 1. The van der Waals surface area contributed by atoms with Crippen LogP contribution in [-0.2, 0) is 16.0 Å². The van der Waals surface area contributed by atoms with Gasteiger partial charge in [0.05, 0.1) is 24.7 Å². The molecule has 5 nitrogen and oxygen atoms in total. The fourth-order valence-electron chi connectivity index (χ4n) is 2.62. The highest BCUT2D eigenvalue weighted by molar-refractivity contribution is 5.96. The molecule has 0 atom stereocenters. The first-order valence-corrected chi connectivity index (χ1v) is 7.90. The normalized spacial score (nSPS) is 10.5. The summed E-state index contributed by atoms with van der Waals surface area (Å²) in [4.78, 5) is 27.7. The molecule has 0 unspecified atom stereocenters. The van der Waals surface area contributed by atoms with Crippen molar-refractivity contribution in [3.05, 3.63) is 65.9 Å². The molecule has 0 radical (unpaired) electrons. The first-order valence-electron chi connectivity index (χ1n) is 7.90. The van der Waals surface area contributed by atoms with Crippen molar-refractivity contribution in [3.8, 4) is 0 Å². The van der Waals surface area contributed by atoms with Crippen LogP contribution in [0.25, 0.3) is 10.9 Å². The monoisotopic (exact) mass is 334 g/mol. The lowest BCUT2D eigenvalue weighted by Crippen LogP contribution is -2.07. The van der Waals surface area contributed by atoms with Crippen LogP contribution in [0.5, 0.6) is 0 Å². The molecule has 0 aliphatic carbocycles. The molecule has 0 bridgehead atoms. The highest BCUT2D eigenvalue weighted by Gasteiger charge is 2.10. The minimum Gasteiger partial charge on any atom is -0.469 e. The summed E-state index contributed by atoms with van der Waals surface area (Å²) in [7, 11) is 1.36. The molecule has 126 valence electrons. The smallest absolute Gasteiger partial charge is 0.311 e. The van der Waals surface area contributed by atoms with E-state index in [9.17, 15) is 9.59 Å². The summed E-state index contributed by atoms with van der Waals surface area (Å²) < 4.78 is 4.73. The number of fused-ring (bicyclic) bond motifs is 1. The predicted octanol–water partition coefficient (Wildman–Crippen LogP) is 3.90. The molecule has 3 rings (SSSR count). The van der Waals surface area contributed by atoms with E-state index in [1.54, 1.807) is 12.1 Å². The van der Waals surface area contributed by atoms with Gasteiger partial charge >= 0.3 is 5.97 Å². The van der Waals surface area contributed by atoms with Crippen LogP contribution < -0.4 is 5.32 Å². The number of nitrogens with one attached hydrogen (secondary N) is 1. The summed E-state index contributed by atoms with van der Waals surface area (Å²) in [5, 5.41) is 4.26. The SMILES string of the molecule is COC(=O)Cc1cc(Nc2cccc(C(C)=O)c2)c2ccccc2n1. The van der Waals surface area contributed by atoms with Crippen LogP contribution >= 0.6 is 0 Å². The first-order chi connectivity index (χ1) is 12.1. The van der Waals surface area contributed by atoms with Crippen LogP contribution in [0.4, 0.5) is 11.4 Å². The Morgan fingerprint density at radius 2 is 1.88 bits per heavy atom. The lowest BCUT2D eigenvalue weighted by molar-refractivity contribution is -0.139. The summed E-state index contributed by atoms with van der Waals surface area (Å²) in [5.74, 6) is -0.332. The number of ether oxygens (including phenoxy) is 1. The van der Waals surface area contributed by atoms with E-state index in [0.717, 1.165) is 22.3 Å². The molecule has 0 saturated heterocycles. The fraction of sp³-hybridized carbons (Fsp3) is 0.150. The third-order valence-corrected chi connectivity index (χ3v) is 3.87. The number of hydrogen-bond acceptors (Lipinski definition) is 5. The maximum absolute atomic E-state index is 11.6. The number of aromatic nitrogens is 1. The Bertz CT molecular complexity index is 951. The number of anilines is 2. The quantitative estimate of drug-likeness (QED) is 0.566. The molecule has 0 spiro atoms. The maximum Gasteiger partial charge on any atom is 0.311 e. The molecule has 0 amide bonds. The number of methoxy groups -OCH3 is 1. The van der Waals surface area contributed by atoms with Gasteiger partial charge in [0.2, 0.25) is 0 Å². The molecular formula is C20H18N2O3. The molecule has 0 fully saturated rings. The number of ketones is 1. The van der Waals surface area contributed by atoms with Crippen molar-refractivity contribution in [2.45, 2.75) is 13.3 Å². The van der Waals surface area contributed by atoms with Crippen molar-refractivity contribution in [1.29, 1.82) is 0 Å². The lowest BCUT2D eigenvalue weighted by Gasteiger charge is -2.12. The number of hydrogen-bond donors (Lipinski definition) is 1. The van der Waals surface area contributed by atoms with E-state index < -0.39 is 0 Å². The van der Waals surface area contributed by atoms with Crippen molar-refractivity contribution in [1.82, 2.24) is 4.98 Å². The largest absolute Gasteiger partial charge is 0.469 e. The molecule has 1 aromatic heterocycles. The van der Waals surface area contributed by atoms with Gasteiger partial charge in [-0.25, -0.2) is 0 Å².